The summed E-state index contributed by atoms with van der Waals surface area (Å²) in [6, 6.07) is 1.92. The molecular formula is C20H35N5. The zero-order valence-corrected chi connectivity index (χ0v) is 16.3. The lowest BCUT2D eigenvalue weighted by atomic mass is 9.96. The summed E-state index contributed by atoms with van der Waals surface area (Å²) in [6.07, 6.45) is 8.98. The van der Waals surface area contributed by atoms with Gasteiger partial charge in [-0.15, -0.1) is 0 Å². The van der Waals surface area contributed by atoms with E-state index < -0.39 is 0 Å². The van der Waals surface area contributed by atoms with Gasteiger partial charge in [-0.05, 0) is 57.8 Å². The zero-order valence-electron chi connectivity index (χ0n) is 16.3. The second-order valence-electron chi connectivity index (χ2n) is 7.64. The summed E-state index contributed by atoms with van der Waals surface area (Å²) in [5.74, 6) is 1.95. The summed E-state index contributed by atoms with van der Waals surface area (Å²) < 4.78 is 0. The van der Waals surface area contributed by atoms with Crippen LogP contribution in [0.5, 0.6) is 0 Å². The molecule has 0 N–H and O–H groups in total. The van der Waals surface area contributed by atoms with E-state index in [9.17, 15) is 0 Å². The smallest absolute Gasteiger partial charge is 0.148 e. The number of aromatic nitrogens is 2. The van der Waals surface area contributed by atoms with E-state index in [4.69, 9.17) is 0 Å². The number of piperidine rings is 1. The molecule has 2 saturated heterocycles. The van der Waals surface area contributed by atoms with Crippen LogP contribution in [-0.2, 0) is 5.54 Å². The maximum atomic E-state index is 4.54. The molecule has 3 aliphatic rings. The van der Waals surface area contributed by atoms with Gasteiger partial charge in [0.2, 0.25) is 0 Å². The highest BCUT2D eigenvalue weighted by molar-refractivity contribution is 5.17. The lowest BCUT2D eigenvalue weighted by Crippen LogP contribution is -2.52. The van der Waals surface area contributed by atoms with Gasteiger partial charge >= 0.3 is 0 Å². The maximum absolute atomic E-state index is 4.54. The van der Waals surface area contributed by atoms with Gasteiger partial charge in [0.05, 0.1) is 5.54 Å². The van der Waals surface area contributed by atoms with Crippen LogP contribution in [0.1, 0.15) is 45.4 Å². The maximum Gasteiger partial charge on any atom is 0.148 e. The molecule has 0 spiro atoms. The van der Waals surface area contributed by atoms with Crippen molar-refractivity contribution in [3.05, 3.63) is 24.3 Å². The van der Waals surface area contributed by atoms with Crippen molar-refractivity contribution in [2.75, 3.05) is 52.9 Å². The Hall–Kier alpha value is -1.04. The third-order valence-electron chi connectivity index (χ3n) is 6.04. The minimum Gasteiger partial charge on any atom is -0.306 e. The van der Waals surface area contributed by atoms with Crippen molar-refractivity contribution in [2.45, 2.75) is 45.1 Å². The van der Waals surface area contributed by atoms with E-state index in [-0.39, 0.29) is 5.54 Å². The van der Waals surface area contributed by atoms with Crippen molar-refractivity contribution in [2.24, 2.45) is 5.92 Å². The quantitative estimate of drug-likeness (QED) is 0.838. The van der Waals surface area contributed by atoms with Gasteiger partial charge in [0.1, 0.15) is 5.82 Å². The summed E-state index contributed by atoms with van der Waals surface area (Å²) in [4.78, 5) is 16.9. The van der Waals surface area contributed by atoms with Gasteiger partial charge in [-0.2, -0.15) is 0 Å². The number of nitrogens with zero attached hydrogens (tertiary/aromatic N) is 5. The van der Waals surface area contributed by atoms with Gasteiger partial charge in [-0.25, -0.2) is 9.97 Å². The fourth-order valence-electron chi connectivity index (χ4n) is 4.31. The molecule has 2 aliphatic heterocycles. The molecule has 3 heterocycles. The fourth-order valence-corrected chi connectivity index (χ4v) is 4.31. The molecule has 0 unspecified atom stereocenters. The van der Waals surface area contributed by atoms with Crippen molar-refractivity contribution >= 4 is 0 Å². The second kappa shape index (κ2) is 8.56. The Kier molecular flexibility index (Phi) is 6.42. The average Bonchev–Trinajstić information content (AvgIpc) is 3.49. The summed E-state index contributed by atoms with van der Waals surface area (Å²) in [5, 5.41) is 0. The normalized spacial score (nSPS) is 25.2. The molecule has 0 aromatic carbocycles. The molecule has 1 saturated carbocycles. The lowest BCUT2D eigenvalue weighted by Gasteiger charge is -2.41. The summed E-state index contributed by atoms with van der Waals surface area (Å²) >= 11 is 0. The molecule has 1 aliphatic carbocycles. The van der Waals surface area contributed by atoms with Gasteiger partial charge in [-0.1, -0.05) is 13.8 Å². The number of likely N-dealkylation sites (tertiary alicyclic amines) is 1. The molecule has 0 bridgehead atoms. The van der Waals surface area contributed by atoms with Crippen LogP contribution in [0.4, 0.5) is 0 Å². The van der Waals surface area contributed by atoms with Crippen molar-refractivity contribution < 1.29 is 0 Å². The van der Waals surface area contributed by atoms with Gasteiger partial charge in [-0.3, -0.25) is 4.90 Å². The summed E-state index contributed by atoms with van der Waals surface area (Å²) in [7, 11) is 2.25. The van der Waals surface area contributed by atoms with Crippen molar-refractivity contribution in [3.8, 4) is 0 Å². The first kappa shape index (κ1) is 18.7. The van der Waals surface area contributed by atoms with Crippen LogP contribution in [0.3, 0.4) is 0 Å². The monoisotopic (exact) mass is 345 g/mol. The number of hydrogen-bond acceptors (Lipinski definition) is 5. The van der Waals surface area contributed by atoms with E-state index in [1.165, 1.54) is 71.5 Å². The van der Waals surface area contributed by atoms with Crippen LogP contribution >= 0.6 is 0 Å². The van der Waals surface area contributed by atoms with Crippen LogP contribution in [0.2, 0.25) is 0 Å². The fraction of sp³-hybridized carbons (Fsp3) is 0.800. The van der Waals surface area contributed by atoms with Gasteiger partial charge in [0, 0.05) is 45.1 Å². The Morgan fingerprint density at radius 3 is 2.12 bits per heavy atom. The minimum atomic E-state index is 0.168. The molecular weight excluding hydrogens is 310 g/mol. The molecule has 4 rings (SSSR count). The van der Waals surface area contributed by atoms with Crippen LogP contribution in [-0.4, -0.2) is 77.5 Å². The van der Waals surface area contributed by atoms with E-state index in [0.29, 0.717) is 0 Å². The Labute approximate surface area is 153 Å². The van der Waals surface area contributed by atoms with Gasteiger partial charge < -0.3 is 9.80 Å². The van der Waals surface area contributed by atoms with E-state index >= 15 is 0 Å². The molecule has 5 nitrogen and oxygen atoms in total. The third-order valence-corrected chi connectivity index (χ3v) is 6.04. The third kappa shape index (κ3) is 4.39. The molecule has 1 aromatic rings. The number of rotatable bonds is 4. The summed E-state index contributed by atoms with van der Waals surface area (Å²) in [5.41, 5.74) is 0.168. The highest BCUT2D eigenvalue weighted by atomic mass is 15.3. The van der Waals surface area contributed by atoms with Crippen molar-refractivity contribution in [1.29, 1.82) is 0 Å². The highest BCUT2D eigenvalue weighted by Crippen LogP contribution is 2.49. The van der Waals surface area contributed by atoms with Crippen molar-refractivity contribution in [1.82, 2.24) is 24.7 Å². The predicted octanol–water partition coefficient (Wildman–Crippen LogP) is 2.45. The molecule has 1 aromatic heterocycles. The minimum absolute atomic E-state index is 0.168. The van der Waals surface area contributed by atoms with Crippen LogP contribution in [0.25, 0.3) is 0 Å². The molecule has 3 fully saturated rings. The van der Waals surface area contributed by atoms with Gasteiger partial charge in [0.25, 0.3) is 0 Å². The topological polar surface area (TPSA) is 35.5 Å². The molecule has 0 atom stereocenters. The SMILES string of the molecule is CC.CN1CCC(CN2CCN(C3(c4ncccn4)CC3)CC2)CC1. The molecule has 25 heavy (non-hydrogen) atoms. The molecule has 5 heteroatoms. The van der Waals surface area contributed by atoms with E-state index in [2.05, 4.69) is 31.7 Å². The van der Waals surface area contributed by atoms with Crippen LogP contribution in [0.15, 0.2) is 18.5 Å². The van der Waals surface area contributed by atoms with Gasteiger partial charge in [0.15, 0.2) is 0 Å². The molecule has 0 amide bonds. The van der Waals surface area contributed by atoms with E-state index in [1.807, 2.05) is 32.3 Å². The van der Waals surface area contributed by atoms with Crippen molar-refractivity contribution in [3.63, 3.8) is 0 Å². The van der Waals surface area contributed by atoms with Crippen LogP contribution in [0, 0.1) is 5.92 Å². The number of piperazine rings is 1. The van der Waals surface area contributed by atoms with E-state index in [0.717, 1.165) is 11.7 Å². The largest absolute Gasteiger partial charge is 0.306 e. The number of hydrogen-bond donors (Lipinski definition) is 0. The first-order valence-corrected chi connectivity index (χ1v) is 10.2. The standard InChI is InChI=1S/C18H29N5.C2H6/c1-21-9-3-16(4-10-21)15-22-11-13-23(14-12-22)18(5-6-18)17-19-7-2-8-20-17;1-2/h2,7-8,16H,3-6,9-15H2,1H3;1-2H3. The summed E-state index contributed by atoms with van der Waals surface area (Å²) in [6.45, 7) is 12.6. The molecule has 0 radical (unpaired) electrons. The zero-order chi connectivity index (χ0) is 17.7. The second-order valence-corrected chi connectivity index (χ2v) is 7.64. The average molecular weight is 346 g/mol. The Balaban J connectivity index is 0.000000880. The first-order chi connectivity index (χ1) is 12.3. The lowest BCUT2D eigenvalue weighted by molar-refractivity contribution is 0.0629. The Morgan fingerprint density at radius 1 is 0.960 bits per heavy atom. The van der Waals surface area contributed by atoms with E-state index in [1.54, 1.807) is 0 Å². The Bertz CT molecular complexity index is 500. The first-order valence-electron chi connectivity index (χ1n) is 10.2. The predicted molar refractivity (Wildman–Crippen MR) is 103 cm³/mol. The Morgan fingerprint density at radius 2 is 1.56 bits per heavy atom. The highest BCUT2D eigenvalue weighted by Gasteiger charge is 2.52. The molecule has 140 valence electrons. The van der Waals surface area contributed by atoms with Crippen LogP contribution < -0.4 is 0 Å².